The average molecular weight is 228 g/mol. The predicted molar refractivity (Wildman–Crippen MR) is 58.9 cm³/mol. The van der Waals surface area contributed by atoms with E-state index in [0.717, 1.165) is 32.1 Å². The Bertz CT molecular complexity index is 249. The van der Waals surface area contributed by atoms with Crippen molar-refractivity contribution in [3.8, 4) is 0 Å². The molecule has 2 atom stereocenters. The molecule has 4 heteroatoms. The number of hydrogen-bond donors (Lipinski definition) is 2. The van der Waals surface area contributed by atoms with Crippen molar-refractivity contribution in [1.29, 1.82) is 0 Å². The lowest BCUT2D eigenvalue weighted by atomic mass is 9.97. The quantitative estimate of drug-likeness (QED) is 0.500. The second-order valence-electron chi connectivity index (χ2n) is 4.42. The Kier molecular flexibility index (Phi) is 5.63. The van der Waals surface area contributed by atoms with E-state index in [1.54, 1.807) is 0 Å². The SMILES string of the molecule is O=C1C[C@@H](O)C(=O)C1CCCCCCCO. The van der Waals surface area contributed by atoms with Gasteiger partial charge in [0.2, 0.25) is 0 Å². The van der Waals surface area contributed by atoms with Crippen LogP contribution in [0.1, 0.15) is 44.9 Å². The van der Waals surface area contributed by atoms with Gasteiger partial charge < -0.3 is 10.2 Å². The maximum atomic E-state index is 11.4. The van der Waals surface area contributed by atoms with Crippen molar-refractivity contribution in [2.75, 3.05) is 6.61 Å². The van der Waals surface area contributed by atoms with E-state index in [2.05, 4.69) is 0 Å². The molecular formula is C12H20O4. The van der Waals surface area contributed by atoms with Crippen molar-refractivity contribution in [3.63, 3.8) is 0 Å². The Morgan fingerprint density at radius 2 is 1.69 bits per heavy atom. The third-order valence-electron chi connectivity index (χ3n) is 3.11. The fourth-order valence-corrected chi connectivity index (χ4v) is 2.12. The minimum absolute atomic E-state index is 0.00795. The lowest BCUT2D eigenvalue weighted by molar-refractivity contribution is -0.130. The molecule has 0 aromatic heterocycles. The number of hydrogen-bond acceptors (Lipinski definition) is 4. The zero-order chi connectivity index (χ0) is 12.0. The van der Waals surface area contributed by atoms with Crippen LogP contribution in [0.15, 0.2) is 0 Å². The molecular weight excluding hydrogens is 208 g/mol. The van der Waals surface area contributed by atoms with Gasteiger partial charge in [-0.3, -0.25) is 9.59 Å². The summed E-state index contributed by atoms with van der Waals surface area (Å²) in [5, 5.41) is 17.8. The van der Waals surface area contributed by atoms with Crippen LogP contribution in [0, 0.1) is 5.92 Å². The van der Waals surface area contributed by atoms with Gasteiger partial charge in [-0.1, -0.05) is 25.7 Å². The van der Waals surface area contributed by atoms with Crippen molar-refractivity contribution in [3.05, 3.63) is 0 Å². The summed E-state index contributed by atoms with van der Waals surface area (Å²) in [5.74, 6) is -0.943. The van der Waals surface area contributed by atoms with Crippen LogP contribution in [0.4, 0.5) is 0 Å². The summed E-state index contributed by atoms with van der Waals surface area (Å²) in [6.07, 6.45) is 4.20. The lowest BCUT2D eigenvalue weighted by Gasteiger charge is -2.06. The van der Waals surface area contributed by atoms with Gasteiger partial charge in [0.05, 0.1) is 5.92 Å². The zero-order valence-electron chi connectivity index (χ0n) is 9.52. The first kappa shape index (κ1) is 13.3. The van der Waals surface area contributed by atoms with Crippen LogP contribution in [0.5, 0.6) is 0 Å². The topological polar surface area (TPSA) is 74.6 Å². The minimum Gasteiger partial charge on any atom is -0.396 e. The maximum absolute atomic E-state index is 11.4. The van der Waals surface area contributed by atoms with Crippen LogP contribution in [0.3, 0.4) is 0 Å². The predicted octanol–water partition coefficient (Wildman–Crippen LogP) is 0.838. The van der Waals surface area contributed by atoms with E-state index in [1.807, 2.05) is 0 Å². The molecule has 0 saturated heterocycles. The fourth-order valence-electron chi connectivity index (χ4n) is 2.12. The molecule has 0 radical (unpaired) electrons. The van der Waals surface area contributed by atoms with E-state index in [0.29, 0.717) is 6.42 Å². The molecule has 1 aliphatic rings. The molecule has 1 fully saturated rings. The van der Waals surface area contributed by atoms with Crippen molar-refractivity contribution in [2.45, 2.75) is 51.0 Å². The summed E-state index contributed by atoms with van der Waals surface area (Å²) in [4.78, 5) is 22.7. The lowest BCUT2D eigenvalue weighted by Crippen LogP contribution is -2.19. The molecule has 0 aromatic rings. The zero-order valence-corrected chi connectivity index (χ0v) is 9.52. The highest BCUT2D eigenvalue weighted by Crippen LogP contribution is 2.23. The summed E-state index contributed by atoms with van der Waals surface area (Å²) in [6.45, 7) is 0.228. The van der Waals surface area contributed by atoms with Crippen LogP contribution >= 0.6 is 0 Å². The molecule has 0 spiro atoms. The number of carbonyl (C=O) groups is 2. The van der Waals surface area contributed by atoms with Gasteiger partial charge in [0.25, 0.3) is 0 Å². The van der Waals surface area contributed by atoms with Crippen LogP contribution in [0.2, 0.25) is 0 Å². The van der Waals surface area contributed by atoms with Crippen molar-refractivity contribution < 1.29 is 19.8 Å². The minimum atomic E-state index is -1.05. The molecule has 0 heterocycles. The molecule has 0 bridgehead atoms. The van der Waals surface area contributed by atoms with Crippen LogP contribution in [-0.2, 0) is 9.59 Å². The van der Waals surface area contributed by atoms with E-state index in [9.17, 15) is 14.7 Å². The van der Waals surface area contributed by atoms with E-state index < -0.39 is 12.0 Å². The van der Waals surface area contributed by atoms with Crippen molar-refractivity contribution >= 4 is 11.6 Å². The molecule has 2 N–H and O–H groups in total. The first-order valence-electron chi connectivity index (χ1n) is 6.02. The van der Waals surface area contributed by atoms with Crippen molar-refractivity contribution in [2.24, 2.45) is 5.92 Å². The van der Waals surface area contributed by atoms with Gasteiger partial charge >= 0.3 is 0 Å². The van der Waals surface area contributed by atoms with Gasteiger partial charge in [0.15, 0.2) is 5.78 Å². The molecule has 92 valence electrons. The maximum Gasteiger partial charge on any atom is 0.172 e. The van der Waals surface area contributed by atoms with E-state index in [-0.39, 0.29) is 24.6 Å². The van der Waals surface area contributed by atoms with Gasteiger partial charge in [-0.15, -0.1) is 0 Å². The molecule has 1 saturated carbocycles. The highest BCUT2D eigenvalue weighted by molar-refractivity contribution is 6.11. The summed E-state index contributed by atoms with van der Waals surface area (Å²) in [7, 11) is 0. The Hall–Kier alpha value is -0.740. The second kappa shape index (κ2) is 6.76. The molecule has 1 rings (SSSR count). The van der Waals surface area contributed by atoms with Gasteiger partial charge in [-0.2, -0.15) is 0 Å². The first-order valence-corrected chi connectivity index (χ1v) is 6.02. The summed E-state index contributed by atoms with van der Waals surface area (Å²) in [5.41, 5.74) is 0. The monoisotopic (exact) mass is 228 g/mol. The molecule has 0 amide bonds. The molecule has 4 nitrogen and oxygen atoms in total. The van der Waals surface area contributed by atoms with Gasteiger partial charge in [0.1, 0.15) is 11.9 Å². The summed E-state index contributed by atoms with van der Waals surface area (Å²) in [6, 6.07) is 0. The average Bonchev–Trinajstić information content (AvgIpc) is 2.49. The number of Topliss-reactive ketones (excluding diaryl/α,β-unsaturated/α-hetero) is 2. The highest BCUT2D eigenvalue weighted by atomic mass is 16.3. The van der Waals surface area contributed by atoms with Crippen LogP contribution < -0.4 is 0 Å². The Morgan fingerprint density at radius 3 is 2.25 bits per heavy atom. The smallest absolute Gasteiger partial charge is 0.172 e. The fraction of sp³-hybridized carbons (Fsp3) is 0.833. The Morgan fingerprint density at radius 1 is 1.06 bits per heavy atom. The number of rotatable bonds is 7. The normalized spacial score (nSPS) is 25.4. The molecule has 1 unspecified atom stereocenters. The van der Waals surface area contributed by atoms with E-state index >= 15 is 0 Å². The van der Waals surface area contributed by atoms with Gasteiger partial charge in [-0.25, -0.2) is 0 Å². The summed E-state index contributed by atoms with van der Waals surface area (Å²) >= 11 is 0. The Labute approximate surface area is 95.7 Å². The molecule has 1 aliphatic carbocycles. The Balaban J connectivity index is 2.13. The van der Waals surface area contributed by atoms with Crippen LogP contribution in [0.25, 0.3) is 0 Å². The van der Waals surface area contributed by atoms with Crippen LogP contribution in [-0.4, -0.2) is 34.5 Å². The largest absolute Gasteiger partial charge is 0.396 e. The first-order chi connectivity index (χ1) is 7.66. The van der Waals surface area contributed by atoms with E-state index in [1.165, 1.54) is 0 Å². The third kappa shape index (κ3) is 3.68. The standard InChI is InChI=1S/C12H20O4/c13-7-5-3-1-2-4-6-9-10(14)8-11(15)12(9)16/h9,11,13,15H,1-8H2/t9?,11-/m1/s1. The van der Waals surface area contributed by atoms with Gasteiger partial charge in [0, 0.05) is 13.0 Å². The number of ketones is 2. The molecule has 0 aromatic carbocycles. The number of aliphatic hydroxyl groups excluding tert-OH is 2. The van der Waals surface area contributed by atoms with E-state index in [4.69, 9.17) is 5.11 Å². The summed E-state index contributed by atoms with van der Waals surface area (Å²) < 4.78 is 0. The third-order valence-corrected chi connectivity index (χ3v) is 3.11. The highest BCUT2D eigenvalue weighted by Gasteiger charge is 2.39. The number of unbranched alkanes of at least 4 members (excludes halogenated alkanes) is 4. The van der Waals surface area contributed by atoms with Crippen molar-refractivity contribution in [1.82, 2.24) is 0 Å². The van der Waals surface area contributed by atoms with Gasteiger partial charge in [-0.05, 0) is 12.8 Å². The molecule has 0 aliphatic heterocycles. The second-order valence-corrected chi connectivity index (χ2v) is 4.42. The number of aliphatic hydroxyl groups is 2. The molecule has 16 heavy (non-hydrogen) atoms. The number of carbonyl (C=O) groups excluding carboxylic acids is 2.